The van der Waals surface area contributed by atoms with Crippen molar-refractivity contribution in [2.45, 2.75) is 37.4 Å². The molecule has 2 heterocycles. The smallest absolute Gasteiger partial charge is 0.269 e. The second kappa shape index (κ2) is 10.0. The van der Waals surface area contributed by atoms with E-state index in [1.165, 1.54) is 23.9 Å². The molecule has 172 valence electrons. The minimum Gasteiger partial charge on any atom is -0.497 e. The number of benzene rings is 2. The Morgan fingerprint density at radius 3 is 2.52 bits per heavy atom. The lowest BCUT2D eigenvalue weighted by Gasteiger charge is -2.33. The van der Waals surface area contributed by atoms with Gasteiger partial charge in [0.05, 0.1) is 17.8 Å². The zero-order valence-corrected chi connectivity index (χ0v) is 19.3. The van der Waals surface area contributed by atoms with E-state index in [0.29, 0.717) is 22.3 Å². The summed E-state index contributed by atoms with van der Waals surface area (Å²) < 4.78 is 7.12. The van der Waals surface area contributed by atoms with Gasteiger partial charge in [-0.2, -0.15) is 0 Å². The van der Waals surface area contributed by atoms with E-state index in [1.54, 1.807) is 19.2 Å². The van der Waals surface area contributed by atoms with Crippen molar-refractivity contribution in [1.29, 1.82) is 0 Å². The maximum Gasteiger partial charge on any atom is 0.269 e. The Kier molecular flexibility index (Phi) is 6.93. The molecule has 1 aliphatic rings. The second-order valence-corrected chi connectivity index (χ2v) is 8.81. The first-order valence-electron chi connectivity index (χ1n) is 10.7. The number of non-ortho nitro benzene ring substituents is 1. The van der Waals surface area contributed by atoms with Gasteiger partial charge in [0.25, 0.3) is 5.69 Å². The number of methoxy groups -OCH3 is 1. The molecular formula is C23H25N5O4S. The number of nitrogens with zero attached hydrogens (tertiary/aromatic N) is 5. The van der Waals surface area contributed by atoms with Crippen molar-refractivity contribution >= 4 is 23.4 Å². The molecule has 1 amide bonds. The number of amides is 1. The summed E-state index contributed by atoms with van der Waals surface area (Å²) in [6.45, 7) is 2.88. The maximum atomic E-state index is 12.9. The molecule has 33 heavy (non-hydrogen) atoms. The predicted octanol–water partition coefficient (Wildman–Crippen LogP) is 4.34. The first-order valence-corrected chi connectivity index (χ1v) is 11.7. The molecular weight excluding hydrogens is 442 g/mol. The molecule has 10 heteroatoms. The predicted molar refractivity (Wildman–Crippen MR) is 126 cm³/mol. The third-order valence-corrected chi connectivity index (χ3v) is 6.66. The Balaban J connectivity index is 1.64. The highest BCUT2D eigenvalue weighted by Crippen LogP contribution is 2.30. The van der Waals surface area contributed by atoms with E-state index in [4.69, 9.17) is 4.74 Å². The number of carbonyl (C=O) groups excluding carboxylic acids is 1. The average molecular weight is 468 g/mol. The van der Waals surface area contributed by atoms with Crippen LogP contribution in [0.3, 0.4) is 0 Å². The summed E-state index contributed by atoms with van der Waals surface area (Å²) in [5.74, 6) is 1.61. The first kappa shape index (κ1) is 22.8. The number of ether oxygens (including phenoxy) is 1. The molecule has 3 aromatic rings. The lowest BCUT2D eigenvalue weighted by Crippen LogP contribution is -2.42. The molecule has 4 rings (SSSR count). The van der Waals surface area contributed by atoms with Gasteiger partial charge >= 0.3 is 0 Å². The second-order valence-electron chi connectivity index (χ2n) is 7.86. The molecule has 0 N–H and O–H groups in total. The summed E-state index contributed by atoms with van der Waals surface area (Å²) in [6.07, 6.45) is 3.22. The Morgan fingerprint density at radius 1 is 1.15 bits per heavy atom. The Bertz CT molecular complexity index is 1130. The van der Waals surface area contributed by atoms with Crippen molar-refractivity contribution in [3.05, 3.63) is 58.6 Å². The highest BCUT2D eigenvalue weighted by molar-refractivity contribution is 7.99. The third-order valence-electron chi connectivity index (χ3n) is 5.75. The van der Waals surface area contributed by atoms with Crippen LogP contribution in [0.4, 0.5) is 5.69 Å². The number of nitro benzene ring substituents is 1. The number of thioether (sulfide) groups is 1. The molecule has 1 atom stereocenters. The van der Waals surface area contributed by atoms with Gasteiger partial charge < -0.3 is 9.64 Å². The fourth-order valence-corrected chi connectivity index (χ4v) is 4.76. The van der Waals surface area contributed by atoms with Crippen LogP contribution >= 0.6 is 11.8 Å². The van der Waals surface area contributed by atoms with Gasteiger partial charge in [-0.1, -0.05) is 11.8 Å². The molecule has 0 aliphatic carbocycles. The summed E-state index contributed by atoms with van der Waals surface area (Å²) in [7, 11) is 1.60. The Labute approximate surface area is 195 Å². The maximum absolute atomic E-state index is 12.9. The molecule has 1 aromatic heterocycles. The molecule has 1 fully saturated rings. The fourth-order valence-electron chi connectivity index (χ4n) is 3.92. The number of rotatable bonds is 7. The van der Waals surface area contributed by atoms with Crippen molar-refractivity contribution in [2.24, 2.45) is 0 Å². The van der Waals surface area contributed by atoms with Crippen LogP contribution in [-0.2, 0) is 4.79 Å². The number of aromatic nitrogens is 3. The van der Waals surface area contributed by atoms with Crippen molar-refractivity contribution in [1.82, 2.24) is 19.7 Å². The van der Waals surface area contributed by atoms with Crippen molar-refractivity contribution in [3.8, 4) is 22.8 Å². The van der Waals surface area contributed by atoms with Crippen LogP contribution < -0.4 is 4.74 Å². The van der Waals surface area contributed by atoms with E-state index >= 15 is 0 Å². The SMILES string of the molecule is COc1ccc(-n2c(SCC(=O)N3CCCC[C@H]3C)nnc2-c2ccc([N+](=O)[O-])cc2)cc1. The molecule has 0 bridgehead atoms. The summed E-state index contributed by atoms with van der Waals surface area (Å²) in [6, 6.07) is 13.9. The molecule has 1 saturated heterocycles. The Morgan fingerprint density at radius 2 is 1.88 bits per heavy atom. The van der Waals surface area contributed by atoms with Crippen molar-refractivity contribution in [2.75, 3.05) is 19.4 Å². The summed E-state index contributed by atoms with van der Waals surface area (Å²) in [5.41, 5.74) is 1.49. The highest BCUT2D eigenvalue weighted by Gasteiger charge is 2.24. The minimum absolute atomic E-state index is 0.00473. The molecule has 0 radical (unpaired) electrons. The van der Waals surface area contributed by atoms with E-state index in [0.717, 1.165) is 31.5 Å². The van der Waals surface area contributed by atoms with Gasteiger partial charge in [0, 0.05) is 36.0 Å². The van der Waals surface area contributed by atoms with Gasteiger partial charge in [0.15, 0.2) is 11.0 Å². The molecule has 0 saturated carbocycles. The van der Waals surface area contributed by atoms with Crippen molar-refractivity contribution < 1.29 is 14.5 Å². The lowest BCUT2D eigenvalue weighted by atomic mass is 10.0. The van der Waals surface area contributed by atoms with Crippen LogP contribution in [0, 0.1) is 10.1 Å². The van der Waals surface area contributed by atoms with Gasteiger partial charge in [-0.3, -0.25) is 19.5 Å². The first-order chi connectivity index (χ1) is 16.0. The fraction of sp³-hybridized carbons (Fsp3) is 0.348. The van der Waals surface area contributed by atoms with E-state index in [-0.39, 0.29) is 23.4 Å². The summed E-state index contributed by atoms with van der Waals surface area (Å²) in [4.78, 5) is 25.4. The molecule has 0 unspecified atom stereocenters. The van der Waals surface area contributed by atoms with Crippen LogP contribution in [0.2, 0.25) is 0 Å². The van der Waals surface area contributed by atoms with E-state index in [2.05, 4.69) is 17.1 Å². The van der Waals surface area contributed by atoms with Gasteiger partial charge in [0.1, 0.15) is 5.75 Å². The van der Waals surface area contributed by atoms with E-state index < -0.39 is 4.92 Å². The number of hydrogen-bond donors (Lipinski definition) is 0. The topological polar surface area (TPSA) is 103 Å². The van der Waals surface area contributed by atoms with Crippen LogP contribution in [0.5, 0.6) is 5.75 Å². The number of carbonyl (C=O) groups is 1. The normalized spacial score (nSPS) is 15.9. The molecule has 2 aromatic carbocycles. The van der Waals surface area contributed by atoms with Crippen LogP contribution in [0.1, 0.15) is 26.2 Å². The molecule has 1 aliphatic heterocycles. The molecule has 0 spiro atoms. The summed E-state index contributed by atoms with van der Waals surface area (Å²) in [5, 5.41) is 20.3. The van der Waals surface area contributed by atoms with Gasteiger partial charge in [0.2, 0.25) is 5.91 Å². The van der Waals surface area contributed by atoms with Gasteiger partial charge in [-0.15, -0.1) is 10.2 Å². The standard InChI is InChI=1S/C23H25N5O4S/c1-16-5-3-4-14-26(16)21(29)15-33-23-25-24-22(17-6-8-19(9-7-17)28(30)31)27(23)18-10-12-20(32-2)13-11-18/h6-13,16H,3-5,14-15H2,1-2H3/t16-/m1/s1. The quantitative estimate of drug-likeness (QED) is 0.289. The number of nitro groups is 1. The monoisotopic (exact) mass is 467 g/mol. The van der Waals surface area contributed by atoms with E-state index in [1.807, 2.05) is 33.7 Å². The molecule has 9 nitrogen and oxygen atoms in total. The number of piperidine rings is 1. The van der Waals surface area contributed by atoms with Crippen LogP contribution in [0.15, 0.2) is 53.7 Å². The van der Waals surface area contributed by atoms with Gasteiger partial charge in [-0.05, 0) is 62.6 Å². The van der Waals surface area contributed by atoms with E-state index in [9.17, 15) is 14.9 Å². The Hall–Kier alpha value is -3.40. The van der Waals surface area contributed by atoms with Crippen LogP contribution in [0.25, 0.3) is 17.1 Å². The zero-order chi connectivity index (χ0) is 23.4. The summed E-state index contributed by atoms with van der Waals surface area (Å²) >= 11 is 1.34. The zero-order valence-electron chi connectivity index (χ0n) is 18.5. The average Bonchev–Trinajstić information content (AvgIpc) is 3.27. The van der Waals surface area contributed by atoms with Crippen molar-refractivity contribution in [3.63, 3.8) is 0 Å². The third kappa shape index (κ3) is 5.00. The number of hydrogen-bond acceptors (Lipinski definition) is 7. The number of likely N-dealkylation sites (tertiary alicyclic amines) is 1. The lowest BCUT2D eigenvalue weighted by molar-refractivity contribution is -0.384. The minimum atomic E-state index is -0.438. The van der Waals surface area contributed by atoms with Gasteiger partial charge in [-0.25, -0.2) is 0 Å². The largest absolute Gasteiger partial charge is 0.497 e. The highest BCUT2D eigenvalue weighted by atomic mass is 32.2. The van der Waals surface area contributed by atoms with Crippen LogP contribution in [-0.4, -0.2) is 55.9 Å².